The summed E-state index contributed by atoms with van der Waals surface area (Å²) in [6.07, 6.45) is 1.05. The summed E-state index contributed by atoms with van der Waals surface area (Å²) in [6, 6.07) is 10.7. The Morgan fingerprint density at radius 1 is 1.08 bits per heavy atom. The lowest BCUT2D eigenvalue weighted by atomic mass is 10.2. The first-order valence-electron chi connectivity index (χ1n) is 7.56. The average Bonchev–Trinajstić information content (AvgIpc) is 3.02. The van der Waals surface area contributed by atoms with Crippen molar-refractivity contribution in [1.82, 2.24) is 10.6 Å². The van der Waals surface area contributed by atoms with Gasteiger partial charge in [0.05, 0.1) is 11.4 Å². The topological polar surface area (TPSA) is 96.6 Å². The predicted molar refractivity (Wildman–Crippen MR) is 114 cm³/mol. The van der Waals surface area contributed by atoms with Crippen molar-refractivity contribution in [3.8, 4) is 0 Å². The van der Waals surface area contributed by atoms with Gasteiger partial charge in [0, 0.05) is 23.3 Å². The normalized spacial score (nSPS) is 11.7. The Kier molecular flexibility index (Phi) is 8.83. The van der Waals surface area contributed by atoms with Crippen molar-refractivity contribution in [2.45, 2.75) is 31.3 Å². The second kappa shape index (κ2) is 10.1. The van der Waals surface area contributed by atoms with Crippen LogP contribution in [0, 0.1) is 0 Å². The SMILES string of the molecule is CCc1ccc(CNC(=NC)NCc2ccc(S(N)(=O)=O)cc2)s1.I. The Labute approximate surface area is 170 Å². The van der Waals surface area contributed by atoms with Gasteiger partial charge < -0.3 is 10.6 Å². The lowest BCUT2D eigenvalue weighted by molar-refractivity contribution is 0.597. The Hall–Kier alpha value is -1.17. The minimum absolute atomic E-state index is 0. The van der Waals surface area contributed by atoms with Crippen molar-refractivity contribution in [2.75, 3.05) is 7.05 Å². The Balaban J connectivity index is 0.00000312. The number of nitrogens with one attached hydrogen (secondary N) is 2. The van der Waals surface area contributed by atoms with E-state index >= 15 is 0 Å². The number of nitrogens with two attached hydrogens (primary N) is 1. The minimum atomic E-state index is -3.65. The fraction of sp³-hybridized carbons (Fsp3) is 0.312. The number of aryl methyl sites for hydroxylation is 1. The number of hydrogen-bond acceptors (Lipinski definition) is 4. The van der Waals surface area contributed by atoms with Gasteiger partial charge in [-0.3, -0.25) is 4.99 Å². The van der Waals surface area contributed by atoms with Gasteiger partial charge in [-0.05, 0) is 36.2 Å². The molecule has 0 unspecified atom stereocenters. The summed E-state index contributed by atoms with van der Waals surface area (Å²) in [5.74, 6) is 0.692. The zero-order chi connectivity index (χ0) is 17.6. The van der Waals surface area contributed by atoms with Gasteiger partial charge in [0.1, 0.15) is 0 Å². The molecule has 6 nitrogen and oxygen atoms in total. The van der Waals surface area contributed by atoms with Crippen LogP contribution in [-0.2, 0) is 29.5 Å². The third-order valence-corrected chi connectivity index (χ3v) is 5.59. The maximum absolute atomic E-state index is 11.2. The number of guanidine groups is 1. The smallest absolute Gasteiger partial charge is 0.238 e. The minimum Gasteiger partial charge on any atom is -0.352 e. The zero-order valence-corrected chi connectivity index (χ0v) is 18.1. The molecule has 9 heteroatoms. The van der Waals surface area contributed by atoms with E-state index in [1.165, 1.54) is 21.9 Å². The number of aliphatic imine (C=N–C) groups is 1. The number of sulfonamides is 1. The van der Waals surface area contributed by atoms with Gasteiger partial charge in [-0.2, -0.15) is 0 Å². The van der Waals surface area contributed by atoms with E-state index in [2.05, 4.69) is 34.7 Å². The lowest BCUT2D eigenvalue weighted by Crippen LogP contribution is -2.36. The van der Waals surface area contributed by atoms with Crippen molar-refractivity contribution in [3.63, 3.8) is 0 Å². The number of halogens is 1. The van der Waals surface area contributed by atoms with Crippen LogP contribution in [0.15, 0.2) is 46.3 Å². The van der Waals surface area contributed by atoms with Crippen molar-refractivity contribution < 1.29 is 8.42 Å². The molecular formula is C16H23IN4O2S2. The molecule has 2 aromatic rings. The fourth-order valence-corrected chi connectivity index (χ4v) is 3.49. The zero-order valence-electron chi connectivity index (χ0n) is 14.2. The van der Waals surface area contributed by atoms with Crippen LogP contribution >= 0.6 is 35.3 Å². The molecule has 2 rings (SSSR count). The average molecular weight is 494 g/mol. The number of rotatable bonds is 6. The van der Waals surface area contributed by atoms with Crippen molar-refractivity contribution >= 4 is 51.3 Å². The highest BCUT2D eigenvalue weighted by Gasteiger charge is 2.07. The third kappa shape index (κ3) is 6.92. The van der Waals surface area contributed by atoms with Gasteiger partial charge in [-0.1, -0.05) is 19.1 Å². The molecule has 0 aliphatic rings. The van der Waals surface area contributed by atoms with Crippen LogP contribution < -0.4 is 15.8 Å². The molecule has 0 saturated heterocycles. The summed E-state index contributed by atoms with van der Waals surface area (Å²) in [6.45, 7) is 3.40. The van der Waals surface area contributed by atoms with Gasteiger partial charge in [-0.25, -0.2) is 13.6 Å². The molecule has 1 heterocycles. The highest BCUT2D eigenvalue weighted by Crippen LogP contribution is 2.16. The molecule has 0 saturated carbocycles. The van der Waals surface area contributed by atoms with E-state index in [0.717, 1.165) is 12.0 Å². The summed E-state index contributed by atoms with van der Waals surface area (Å²) in [5.41, 5.74) is 0.940. The van der Waals surface area contributed by atoms with Crippen molar-refractivity contribution in [3.05, 3.63) is 51.7 Å². The van der Waals surface area contributed by atoms with E-state index < -0.39 is 10.0 Å². The second-order valence-corrected chi connectivity index (χ2v) is 8.00. The van der Waals surface area contributed by atoms with Crippen LogP contribution in [0.4, 0.5) is 0 Å². The maximum Gasteiger partial charge on any atom is 0.238 e. The number of nitrogens with zero attached hydrogens (tertiary/aromatic N) is 1. The quantitative estimate of drug-likeness (QED) is 0.327. The molecule has 0 aliphatic heterocycles. The molecule has 0 atom stereocenters. The van der Waals surface area contributed by atoms with Crippen LogP contribution in [0.1, 0.15) is 22.2 Å². The van der Waals surface area contributed by atoms with E-state index in [9.17, 15) is 8.42 Å². The Morgan fingerprint density at radius 3 is 2.20 bits per heavy atom. The summed E-state index contributed by atoms with van der Waals surface area (Å²) in [7, 11) is -1.94. The molecule has 25 heavy (non-hydrogen) atoms. The molecule has 1 aromatic carbocycles. The fourth-order valence-electron chi connectivity index (χ4n) is 2.08. The Bertz CT molecular complexity index is 802. The third-order valence-electron chi connectivity index (χ3n) is 3.43. The number of thiophene rings is 1. The molecule has 0 aliphatic carbocycles. The van der Waals surface area contributed by atoms with E-state index in [4.69, 9.17) is 5.14 Å². The van der Waals surface area contributed by atoms with Crippen molar-refractivity contribution in [1.29, 1.82) is 0 Å². The molecule has 0 amide bonds. The highest BCUT2D eigenvalue weighted by molar-refractivity contribution is 14.0. The molecule has 138 valence electrons. The van der Waals surface area contributed by atoms with Gasteiger partial charge in [0.2, 0.25) is 10.0 Å². The lowest BCUT2D eigenvalue weighted by Gasteiger charge is -2.11. The molecular weight excluding hydrogens is 471 g/mol. The Morgan fingerprint density at radius 2 is 1.68 bits per heavy atom. The van der Waals surface area contributed by atoms with Gasteiger partial charge in [0.15, 0.2) is 5.96 Å². The predicted octanol–water partition coefficient (Wildman–Crippen LogP) is 2.44. The standard InChI is InChI=1S/C16H22N4O2S2.HI/c1-3-13-6-7-14(23-13)11-20-16(18-2)19-10-12-4-8-15(9-5-12)24(17,21)22;/h4-9H,3,10-11H2,1-2H3,(H2,17,21,22)(H2,18,19,20);1H. The maximum atomic E-state index is 11.2. The monoisotopic (exact) mass is 494 g/mol. The van der Waals surface area contributed by atoms with E-state index in [1.807, 2.05) is 0 Å². The van der Waals surface area contributed by atoms with E-state index in [-0.39, 0.29) is 28.9 Å². The van der Waals surface area contributed by atoms with Crippen LogP contribution in [0.3, 0.4) is 0 Å². The van der Waals surface area contributed by atoms with Crippen LogP contribution in [0.5, 0.6) is 0 Å². The summed E-state index contributed by atoms with van der Waals surface area (Å²) < 4.78 is 22.5. The number of hydrogen-bond donors (Lipinski definition) is 3. The van der Waals surface area contributed by atoms with Crippen molar-refractivity contribution in [2.24, 2.45) is 10.1 Å². The largest absolute Gasteiger partial charge is 0.352 e. The summed E-state index contributed by atoms with van der Waals surface area (Å²) in [5, 5.41) is 11.5. The van der Waals surface area contributed by atoms with E-state index in [1.54, 1.807) is 30.5 Å². The van der Waals surface area contributed by atoms with E-state index in [0.29, 0.717) is 19.0 Å². The molecule has 4 N–H and O–H groups in total. The summed E-state index contributed by atoms with van der Waals surface area (Å²) >= 11 is 1.79. The number of benzene rings is 1. The molecule has 0 bridgehead atoms. The van der Waals surface area contributed by atoms with Gasteiger partial charge in [0.25, 0.3) is 0 Å². The van der Waals surface area contributed by atoms with Crippen LogP contribution in [0.25, 0.3) is 0 Å². The first-order chi connectivity index (χ1) is 11.4. The van der Waals surface area contributed by atoms with Crippen LogP contribution in [0.2, 0.25) is 0 Å². The first-order valence-corrected chi connectivity index (χ1v) is 9.92. The molecule has 0 spiro atoms. The molecule has 1 aromatic heterocycles. The van der Waals surface area contributed by atoms with Gasteiger partial charge in [-0.15, -0.1) is 35.3 Å². The van der Waals surface area contributed by atoms with Crippen LogP contribution in [-0.4, -0.2) is 21.4 Å². The highest BCUT2D eigenvalue weighted by atomic mass is 127. The second-order valence-electron chi connectivity index (χ2n) is 5.19. The number of primary sulfonamides is 1. The van der Waals surface area contributed by atoms with Gasteiger partial charge >= 0.3 is 0 Å². The molecule has 0 radical (unpaired) electrons. The first kappa shape index (κ1) is 21.9. The molecule has 0 fully saturated rings. The summed E-state index contributed by atoms with van der Waals surface area (Å²) in [4.78, 5) is 6.92.